The fraction of sp³-hybridized carbons (Fsp3) is 0.286. The number of sulfonamides is 1. The van der Waals surface area contributed by atoms with Crippen molar-refractivity contribution in [2.75, 3.05) is 16.6 Å². The van der Waals surface area contributed by atoms with Crippen LogP contribution in [0.4, 0.5) is 5.69 Å². The second kappa shape index (κ2) is 7.31. The van der Waals surface area contributed by atoms with Gasteiger partial charge in [-0.15, -0.1) is 0 Å². The van der Waals surface area contributed by atoms with E-state index in [-0.39, 0.29) is 11.7 Å². The lowest BCUT2D eigenvalue weighted by Gasteiger charge is -2.28. The molecule has 1 aromatic heterocycles. The number of hydrogen-bond acceptors (Lipinski definition) is 3. The number of fused-ring (bicyclic) bond motifs is 1. The molecule has 2 N–H and O–H groups in total. The Bertz CT molecular complexity index is 1130. The highest BCUT2D eigenvalue weighted by Crippen LogP contribution is 2.24. The molecule has 0 saturated carbocycles. The minimum absolute atomic E-state index is 0.157. The van der Waals surface area contributed by atoms with Crippen LogP contribution in [0, 0.1) is 6.92 Å². The number of carbonyl (C=O) groups excluding carboxylic acids is 1. The third-order valence-corrected chi connectivity index (χ3v) is 6.89. The van der Waals surface area contributed by atoms with Crippen molar-refractivity contribution in [2.24, 2.45) is 0 Å². The average molecular weight is 398 g/mol. The van der Waals surface area contributed by atoms with Gasteiger partial charge in [0.25, 0.3) is 5.91 Å². The van der Waals surface area contributed by atoms with Crippen LogP contribution in [0.3, 0.4) is 0 Å². The van der Waals surface area contributed by atoms with Gasteiger partial charge in [-0.1, -0.05) is 12.1 Å². The number of benzene rings is 2. The molecule has 1 fully saturated rings. The lowest BCUT2D eigenvalue weighted by atomic mass is 10.1. The van der Waals surface area contributed by atoms with Gasteiger partial charge in [-0.2, -0.15) is 0 Å². The molecular weight excluding hydrogens is 374 g/mol. The van der Waals surface area contributed by atoms with Crippen molar-refractivity contribution in [3.63, 3.8) is 0 Å². The summed E-state index contributed by atoms with van der Waals surface area (Å²) in [5.74, 6) is -0.0635. The Hall–Kier alpha value is -2.80. The topological polar surface area (TPSA) is 82.3 Å². The number of nitrogens with zero attached hydrogens (tertiary/aromatic N) is 1. The predicted molar refractivity (Wildman–Crippen MR) is 111 cm³/mol. The highest BCUT2D eigenvalue weighted by molar-refractivity contribution is 7.92. The monoisotopic (exact) mass is 397 g/mol. The number of anilines is 1. The number of aromatic amines is 1. The van der Waals surface area contributed by atoms with Crippen molar-refractivity contribution in [1.29, 1.82) is 0 Å². The molecule has 1 aliphatic rings. The lowest BCUT2D eigenvalue weighted by Crippen LogP contribution is -2.38. The van der Waals surface area contributed by atoms with Crippen molar-refractivity contribution in [3.8, 4) is 0 Å². The molecule has 0 spiro atoms. The minimum Gasteiger partial charge on any atom is -0.359 e. The van der Waals surface area contributed by atoms with E-state index < -0.39 is 10.0 Å². The van der Waals surface area contributed by atoms with E-state index in [2.05, 4.69) is 22.4 Å². The van der Waals surface area contributed by atoms with Gasteiger partial charge in [0.05, 0.1) is 11.4 Å². The molecule has 1 amide bonds. The quantitative estimate of drug-likeness (QED) is 0.708. The number of amides is 1. The van der Waals surface area contributed by atoms with Crippen molar-refractivity contribution < 1.29 is 13.2 Å². The standard InChI is InChI=1S/C21H23N3O3S/c1-15-11-18-12-16(7-8-20(18)23-15)14-22-21(25)17-5-4-6-19(13-17)24-9-2-3-10-28(24,26)27/h4-8,11-13,23H,2-3,9-10,14H2,1H3,(H,22,25). The maximum Gasteiger partial charge on any atom is 0.251 e. The molecule has 0 aliphatic carbocycles. The highest BCUT2D eigenvalue weighted by atomic mass is 32.2. The molecule has 6 nitrogen and oxygen atoms in total. The summed E-state index contributed by atoms with van der Waals surface area (Å²) >= 11 is 0. The minimum atomic E-state index is -3.29. The third kappa shape index (κ3) is 3.75. The first kappa shape index (κ1) is 18.6. The Morgan fingerprint density at radius 2 is 2.00 bits per heavy atom. The highest BCUT2D eigenvalue weighted by Gasteiger charge is 2.26. The van der Waals surface area contributed by atoms with Gasteiger partial charge in [0.2, 0.25) is 10.0 Å². The zero-order chi connectivity index (χ0) is 19.7. The molecule has 0 radical (unpaired) electrons. The molecule has 2 heterocycles. The molecular formula is C21H23N3O3S. The van der Waals surface area contributed by atoms with Crippen LogP contribution in [0.2, 0.25) is 0 Å². The van der Waals surface area contributed by atoms with E-state index in [4.69, 9.17) is 0 Å². The first-order chi connectivity index (χ1) is 13.4. The first-order valence-electron chi connectivity index (χ1n) is 9.39. The number of aromatic nitrogens is 1. The van der Waals surface area contributed by atoms with Crippen LogP contribution in [-0.4, -0.2) is 31.6 Å². The van der Waals surface area contributed by atoms with Crippen molar-refractivity contribution in [1.82, 2.24) is 10.3 Å². The number of hydrogen-bond donors (Lipinski definition) is 2. The van der Waals surface area contributed by atoms with Crippen LogP contribution in [0.5, 0.6) is 0 Å². The summed E-state index contributed by atoms with van der Waals surface area (Å²) in [7, 11) is -3.29. The molecule has 0 atom stereocenters. The number of carbonyl (C=O) groups is 1. The molecule has 1 aliphatic heterocycles. The van der Waals surface area contributed by atoms with E-state index in [9.17, 15) is 13.2 Å². The number of H-pyrrole nitrogens is 1. The average Bonchev–Trinajstić information content (AvgIpc) is 3.05. The normalized spacial score (nSPS) is 16.2. The van der Waals surface area contributed by atoms with E-state index in [1.54, 1.807) is 24.3 Å². The van der Waals surface area contributed by atoms with E-state index in [1.165, 1.54) is 4.31 Å². The summed E-state index contributed by atoms with van der Waals surface area (Å²) in [4.78, 5) is 15.9. The first-order valence-corrected chi connectivity index (χ1v) is 11.0. The fourth-order valence-electron chi connectivity index (χ4n) is 3.60. The van der Waals surface area contributed by atoms with E-state index in [1.807, 2.05) is 19.1 Å². The van der Waals surface area contributed by atoms with Gasteiger partial charge in [-0.25, -0.2) is 8.42 Å². The fourth-order valence-corrected chi connectivity index (χ4v) is 5.23. The van der Waals surface area contributed by atoms with Gasteiger partial charge in [0.15, 0.2) is 0 Å². The largest absolute Gasteiger partial charge is 0.359 e. The Kier molecular flexibility index (Phi) is 4.85. The zero-order valence-electron chi connectivity index (χ0n) is 15.7. The van der Waals surface area contributed by atoms with Gasteiger partial charge < -0.3 is 10.3 Å². The van der Waals surface area contributed by atoms with Crippen LogP contribution in [0.25, 0.3) is 10.9 Å². The van der Waals surface area contributed by atoms with Crippen LogP contribution in [0.15, 0.2) is 48.5 Å². The molecule has 0 bridgehead atoms. The van der Waals surface area contributed by atoms with Crippen molar-refractivity contribution in [3.05, 3.63) is 65.4 Å². The van der Waals surface area contributed by atoms with E-state index in [0.29, 0.717) is 30.8 Å². The van der Waals surface area contributed by atoms with Gasteiger partial charge >= 0.3 is 0 Å². The summed E-state index contributed by atoms with van der Waals surface area (Å²) in [6.45, 7) is 2.88. The van der Waals surface area contributed by atoms with Gasteiger partial charge in [0.1, 0.15) is 0 Å². The summed E-state index contributed by atoms with van der Waals surface area (Å²) in [6, 6.07) is 14.9. The molecule has 28 heavy (non-hydrogen) atoms. The summed E-state index contributed by atoms with van der Waals surface area (Å²) < 4.78 is 26.0. The molecule has 3 aromatic rings. The molecule has 1 saturated heterocycles. The molecule has 7 heteroatoms. The number of nitrogens with one attached hydrogen (secondary N) is 2. The van der Waals surface area contributed by atoms with Gasteiger partial charge in [-0.3, -0.25) is 9.10 Å². The molecule has 0 unspecified atom stereocenters. The second-order valence-corrected chi connectivity index (χ2v) is 9.22. The number of aryl methyl sites for hydroxylation is 1. The van der Waals surface area contributed by atoms with Gasteiger partial charge in [0, 0.05) is 29.9 Å². The Morgan fingerprint density at radius 1 is 1.14 bits per heavy atom. The lowest BCUT2D eigenvalue weighted by molar-refractivity contribution is 0.0951. The second-order valence-electron chi connectivity index (χ2n) is 7.20. The van der Waals surface area contributed by atoms with Crippen LogP contribution >= 0.6 is 0 Å². The summed E-state index contributed by atoms with van der Waals surface area (Å²) in [5, 5.41) is 4.03. The van der Waals surface area contributed by atoms with E-state index >= 15 is 0 Å². The molecule has 146 valence electrons. The number of rotatable bonds is 4. The zero-order valence-corrected chi connectivity index (χ0v) is 16.6. The SMILES string of the molecule is Cc1cc2cc(CNC(=O)c3cccc(N4CCCCS4(=O)=O)c3)ccc2[nH]1. The molecule has 2 aromatic carbocycles. The van der Waals surface area contributed by atoms with E-state index in [0.717, 1.165) is 28.6 Å². The Morgan fingerprint density at radius 3 is 2.82 bits per heavy atom. The van der Waals surface area contributed by atoms with Crippen LogP contribution < -0.4 is 9.62 Å². The van der Waals surface area contributed by atoms with Crippen molar-refractivity contribution >= 4 is 32.5 Å². The third-order valence-electron chi connectivity index (χ3n) is 5.02. The summed E-state index contributed by atoms with van der Waals surface area (Å²) in [5.41, 5.74) is 4.19. The van der Waals surface area contributed by atoms with Crippen molar-refractivity contribution in [2.45, 2.75) is 26.3 Å². The summed E-state index contributed by atoms with van der Waals surface area (Å²) in [6.07, 6.45) is 1.51. The molecule has 4 rings (SSSR count). The maximum atomic E-state index is 12.6. The van der Waals surface area contributed by atoms with Gasteiger partial charge in [-0.05, 0) is 67.1 Å². The smallest absolute Gasteiger partial charge is 0.251 e. The van der Waals surface area contributed by atoms with Crippen LogP contribution in [-0.2, 0) is 16.6 Å². The Labute approximate surface area is 164 Å². The predicted octanol–water partition coefficient (Wildman–Crippen LogP) is 3.34. The Balaban J connectivity index is 1.48. The van der Waals surface area contributed by atoms with Crippen LogP contribution in [0.1, 0.15) is 34.5 Å². The maximum absolute atomic E-state index is 12.6.